The second kappa shape index (κ2) is 6.06. The van der Waals surface area contributed by atoms with E-state index in [9.17, 15) is 4.79 Å². The van der Waals surface area contributed by atoms with Gasteiger partial charge in [-0.05, 0) is 43.9 Å². The minimum absolute atomic E-state index is 0.126. The zero-order valence-corrected chi connectivity index (χ0v) is 12.5. The first-order valence-corrected chi connectivity index (χ1v) is 7.68. The molecule has 1 saturated heterocycles. The van der Waals surface area contributed by atoms with Gasteiger partial charge in [0.25, 0.3) is 0 Å². The standard InChI is InChI=1S/C17H22O4/c1-19-14-4-5-16(13(10-14)11-18)20-12-15-6-9-17(21-15)7-2-3-8-17/h4-5,10-11,15H,2-3,6-9,12H2,1H3. The van der Waals surface area contributed by atoms with Crippen molar-refractivity contribution in [3.63, 3.8) is 0 Å². The molecule has 1 aliphatic heterocycles. The molecule has 0 aromatic heterocycles. The molecular weight excluding hydrogens is 268 g/mol. The maximum atomic E-state index is 11.1. The third-order valence-electron chi connectivity index (χ3n) is 4.62. The lowest BCUT2D eigenvalue weighted by molar-refractivity contribution is -0.0509. The Hall–Kier alpha value is -1.55. The second-order valence-corrected chi connectivity index (χ2v) is 6.00. The van der Waals surface area contributed by atoms with Gasteiger partial charge in [-0.25, -0.2) is 0 Å². The molecule has 1 unspecified atom stereocenters. The molecule has 1 saturated carbocycles. The van der Waals surface area contributed by atoms with Crippen LogP contribution in [-0.2, 0) is 4.74 Å². The van der Waals surface area contributed by atoms with Crippen molar-refractivity contribution in [2.24, 2.45) is 0 Å². The highest BCUT2D eigenvalue weighted by Crippen LogP contribution is 2.43. The van der Waals surface area contributed by atoms with E-state index in [0.717, 1.165) is 19.1 Å². The highest BCUT2D eigenvalue weighted by atomic mass is 16.6. The summed E-state index contributed by atoms with van der Waals surface area (Å²) in [6, 6.07) is 5.27. The first-order chi connectivity index (χ1) is 10.2. The Bertz CT molecular complexity index is 506. The molecule has 1 heterocycles. The maximum absolute atomic E-state index is 11.1. The van der Waals surface area contributed by atoms with Crippen molar-refractivity contribution in [2.45, 2.75) is 50.2 Å². The molecule has 4 heteroatoms. The van der Waals surface area contributed by atoms with Gasteiger partial charge < -0.3 is 14.2 Å². The summed E-state index contributed by atoms with van der Waals surface area (Å²) >= 11 is 0. The van der Waals surface area contributed by atoms with E-state index < -0.39 is 0 Å². The molecule has 1 aromatic rings. The number of rotatable bonds is 5. The van der Waals surface area contributed by atoms with Gasteiger partial charge in [0.2, 0.25) is 0 Å². The van der Waals surface area contributed by atoms with Gasteiger partial charge in [-0.15, -0.1) is 0 Å². The number of ether oxygens (including phenoxy) is 3. The quantitative estimate of drug-likeness (QED) is 0.780. The van der Waals surface area contributed by atoms with Gasteiger partial charge in [0.1, 0.15) is 18.1 Å². The number of hydrogen-bond donors (Lipinski definition) is 0. The summed E-state index contributed by atoms with van der Waals surface area (Å²) in [6.07, 6.45) is 8.06. The van der Waals surface area contributed by atoms with Crippen LogP contribution in [0.3, 0.4) is 0 Å². The summed E-state index contributed by atoms with van der Waals surface area (Å²) in [5, 5.41) is 0. The van der Waals surface area contributed by atoms with Gasteiger partial charge >= 0.3 is 0 Å². The van der Waals surface area contributed by atoms with Crippen molar-refractivity contribution in [1.29, 1.82) is 0 Å². The number of hydrogen-bond acceptors (Lipinski definition) is 4. The van der Waals surface area contributed by atoms with E-state index in [4.69, 9.17) is 14.2 Å². The molecular formula is C17H22O4. The van der Waals surface area contributed by atoms with Crippen molar-refractivity contribution >= 4 is 6.29 Å². The second-order valence-electron chi connectivity index (χ2n) is 6.00. The molecule has 1 spiro atoms. The summed E-state index contributed by atoms with van der Waals surface area (Å²) in [5.41, 5.74) is 0.643. The zero-order chi connectivity index (χ0) is 14.7. The number of carbonyl (C=O) groups is 1. The molecule has 0 N–H and O–H groups in total. The SMILES string of the molecule is COc1ccc(OCC2CCC3(CCCC3)O2)c(C=O)c1. The largest absolute Gasteiger partial charge is 0.497 e. The molecule has 21 heavy (non-hydrogen) atoms. The number of benzene rings is 1. The summed E-state index contributed by atoms with van der Waals surface area (Å²) in [6.45, 7) is 0.509. The van der Waals surface area contributed by atoms with Crippen LogP contribution in [0.2, 0.25) is 0 Å². The summed E-state index contributed by atoms with van der Waals surface area (Å²) in [4.78, 5) is 11.1. The van der Waals surface area contributed by atoms with Gasteiger partial charge in [-0.3, -0.25) is 4.79 Å². The fraction of sp³-hybridized carbons (Fsp3) is 0.588. The average molecular weight is 290 g/mol. The van der Waals surface area contributed by atoms with Crippen molar-refractivity contribution in [2.75, 3.05) is 13.7 Å². The first-order valence-electron chi connectivity index (χ1n) is 7.68. The molecule has 4 nitrogen and oxygen atoms in total. The Balaban J connectivity index is 1.59. The van der Waals surface area contributed by atoms with E-state index >= 15 is 0 Å². The van der Waals surface area contributed by atoms with Crippen LogP contribution in [0.1, 0.15) is 48.9 Å². The monoisotopic (exact) mass is 290 g/mol. The van der Waals surface area contributed by atoms with Gasteiger partial charge in [-0.2, -0.15) is 0 Å². The van der Waals surface area contributed by atoms with Crippen molar-refractivity contribution in [1.82, 2.24) is 0 Å². The van der Waals surface area contributed by atoms with Crippen LogP contribution in [0.4, 0.5) is 0 Å². The van der Waals surface area contributed by atoms with E-state index in [2.05, 4.69) is 0 Å². The summed E-state index contributed by atoms with van der Waals surface area (Å²) in [7, 11) is 1.58. The first kappa shape index (κ1) is 14.4. The van der Waals surface area contributed by atoms with Crippen LogP contribution < -0.4 is 9.47 Å². The van der Waals surface area contributed by atoms with Gasteiger partial charge in [0.15, 0.2) is 6.29 Å². The highest BCUT2D eigenvalue weighted by molar-refractivity contribution is 5.80. The van der Waals surface area contributed by atoms with Gasteiger partial charge in [0.05, 0.1) is 24.4 Å². The van der Waals surface area contributed by atoms with Gasteiger partial charge in [-0.1, -0.05) is 12.8 Å². The van der Waals surface area contributed by atoms with E-state index in [0.29, 0.717) is 23.7 Å². The third-order valence-corrected chi connectivity index (χ3v) is 4.62. The van der Waals surface area contributed by atoms with E-state index in [1.807, 2.05) is 0 Å². The fourth-order valence-corrected chi connectivity index (χ4v) is 3.46. The van der Waals surface area contributed by atoms with Crippen LogP contribution >= 0.6 is 0 Å². The molecule has 0 amide bonds. The summed E-state index contributed by atoms with van der Waals surface area (Å²) < 4.78 is 17.1. The van der Waals surface area contributed by atoms with Crippen LogP contribution in [0.5, 0.6) is 11.5 Å². The molecule has 2 aliphatic rings. The van der Waals surface area contributed by atoms with E-state index in [1.54, 1.807) is 25.3 Å². The molecule has 1 aromatic carbocycles. The lowest BCUT2D eigenvalue weighted by atomic mass is 9.98. The van der Waals surface area contributed by atoms with Crippen molar-refractivity contribution in [3.8, 4) is 11.5 Å². The van der Waals surface area contributed by atoms with Crippen LogP contribution in [0, 0.1) is 0 Å². The normalized spacial score (nSPS) is 23.4. The Labute approximate surface area is 125 Å². The van der Waals surface area contributed by atoms with Crippen molar-refractivity contribution < 1.29 is 19.0 Å². The Morgan fingerprint density at radius 3 is 2.86 bits per heavy atom. The highest BCUT2D eigenvalue weighted by Gasteiger charge is 2.42. The lowest BCUT2D eigenvalue weighted by Gasteiger charge is -2.23. The topological polar surface area (TPSA) is 44.8 Å². The number of aldehydes is 1. The molecule has 2 fully saturated rings. The predicted molar refractivity (Wildman–Crippen MR) is 79.2 cm³/mol. The minimum Gasteiger partial charge on any atom is -0.497 e. The Kier molecular flexibility index (Phi) is 4.15. The van der Waals surface area contributed by atoms with Crippen LogP contribution in [-0.4, -0.2) is 31.7 Å². The lowest BCUT2D eigenvalue weighted by Crippen LogP contribution is -2.27. The smallest absolute Gasteiger partial charge is 0.153 e. The number of methoxy groups -OCH3 is 1. The fourth-order valence-electron chi connectivity index (χ4n) is 3.46. The summed E-state index contributed by atoms with van der Waals surface area (Å²) in [5.74, 6) is 1.26. The van der Waals surface area contributed by atoms with Crippen molar-refractivity contribution in [3.05, 3.63) is 23.8 Å². The van der Waals surface area contributed by atoms with E-state index in [-0.39, 0.29) is 11.7 Å². The predicted octanol–water partition coefficient (Wildman–Crippen LogP) is 3.38. The zero-order valence-electron chi connectivity index (χ0n) is 12.5. The Morgan fingerprint density at radius 2 is 2.14 bits per heavy atom. The molecule has 1 aliphatic carbocycles. The molecule has 1 atom stereocenters. The average Bonchev–Trinajstić information content (AvgIpc) is 3.15. The minimum atomic E-state index is 0.126. The molecule has 3 rings (SSSR count). The van der Waals surface area contributed by atoms with Gasteiger partial charge in [0, 0.05) is 0 Å². The van der Waals surface area contributed by atoms with Crippen LogP contribution in [0.25, 0.3) is 0 Å². The molecule has 0 bridgehead atoms. The van der Waals surface area contributed by atoms with Crippen LogP contribution in [0.15, 0.2) is 18.2 Å². The Morgan fingerprint density at radius 1 is 1.33 bits per heavy atom. The maximum Gasteiger partial charge on any atom is 0.153 e. The van der Waals surface area contributed by atoms with E-state index in [1.165, 1.54) is 25.7 Å². The molecule has 0 radical (unpaired) electrons. The number of carbonyl (C=O) groups excluding carboxylic acids is 1. The molecule has 114 valence electrons. The third kappa shape index (κ3) is 3.05.